The van der Waals surface area contributed by atoms with Crippen molar-refractivity contribution in [1.82, 2.24) is 14.6 Å². The lowest BCUT2D eigenvalue weighted by Gasteiger charge is -2.28. The van der Waals surface area contributed by atoms with E-state index >= 15 is 0 Å². The number of nitrogens with one attached hydrogen (secondary N) is 1. The number of alkyl halides is 3. The third-order valence-corrected chi connectivity index (χ3v) is 4.26. The molecule has 2 N–H and O–H groups in total. The van der Waals surface area contributed by atoms with Gasteiger partial charge in [0.25, 0.3) is 0 Å². The van der Waals surface area contributed by atoms with E-state index in [-0.39, 0.29) is 17.4 Å². The average Bonchev–Trinajstić information content (AvgIpc) is 3.19. The van der Waals surface area contributed by atoms with E-state index in [1.54, 1.807) is 10.5 Å². The van der Waals surface area contributed by atoms with E-state index in [0.29, 0.717) is 11.5 Å². The molecule has 3 rings (SSSR count). The first-order valence-electron chi connectivity index (χ1n) is 8.52. The van der Waals surface area contributed by atoms with Crippen LogP contribution in [-0.4, -0.2) is 31.8 Å². The molecule has 150 valence electrons. The zero-order valence-corrected chi connectivity index (χ0v) is 15.4. The summed E-state index contributed by atoms with van der Waals surface area (Å²) < 4.78 is 47.1. The Hall–Kier alpha value is -2.88. The molecule has 1 amide bonds. The fourth-order valence-corrected chi connectivity index (χ4v) is 2.80. The van der Waals surface area contributed by atoms with Crippen molar-refractivity contribution < 1.29 is 27.5 Å². The Bertz CT molecular complexity index is 1010. The van der Waals surface area contributed by atoms with Crippen molar-refractivity contribution in [2.75, 3.05) is 5.32 Å². The van der Waals surface area contributed by atoms with Crippen LogP contribution in [0.5, 0.6) is 0 Å². The highest BCUT2D eigenvalue weighted by atomic mass is 19.4. The van der Waals surface area contributed by atoms with Crippen molar-refractivity contribution in [3.8, 4) is 0 Å². The molecule has 0 aliphatic heterocycles. The Morgan fingerprint density at radius 3 is 2.54 bits per heavy atom. The summed E-state index contributed by atoms with van der Waals surface area (Å²) in [6, 6.07) is 5.38. The van der Waals surface area contributed by atoms with E-state index in [2.05, 4.69) is 15.5 Å². The van der Waals surface area contributed by atoms with Gasteiger partial charge in [0.2, 0.25) is 11.5 Å². The molecule has 0 bridgehead atoms. The number of rotatable bonds is 5. The van der Waals surface area contributed by atoms with Crippen molar-refractivity contribution in [2.24, 2.45) is 0 Å². The van der Waals surface area contributed by atoms with E-state index in [0.717, 1.165) is 6.07 Å². The molecule has 0 radical (unpaired) electrons. The van der Waals surface area contributed by atoms with Gasteiger partial charge in [0.15, 0.2) is 5.65 Å². The van der Waals surface area contributed by atoms with Crippen LogP contribution < -0.4 is 5.32 Å². The maximum Gasteiger partial charge on any atom is 0.425 e. The Morgan fingerprint density at radius 2 is 1.96 bits per heavy atom. The Morgan fingerprint density at radius 1 is 1.25 bits per heavy atom. The van der Waals surface area contributed by atoms with Crippen LogP contribution in [0.4, 0.5) is 18.9 Å². The first-order chi connectivity index (χ1) is 13.0. The van der Waals surface area contributed by atoms with Gasteiger partial charge in [-0.1, -0.05) is 13.8 Å². The summed E-state index contributed by atoms with van der Waals surface area (Å²) in [6.07, 6.45) is -4.83. The zero-order chi connectivity index (χ0) is 20.7. The molecule has 3 heterocycles. The Balaban J connectivity index is 1.85. The average molecular weight is 396 g/mol. The molecule has 0 saturated heterocycles. The molecule has 0 fully saturated rings. The lowest BCUT2D eigenvalue weighted by atomic mass is 9.95. The normalized spacial score (nSPS) is 14.4. The summed E-state index contributed by atoms with van der Waals surface area (Å²) in [5.41, 5.74) is -2.64. The summed E-state index contributed by atoms with van der Waals surface area (Å²) in [4.78, 5) is 12.3. The summed E-state index contributed by atoms with van der Waals surface area (Å²) >= 11 is 0. The molecule has 1 atom stereocenters. The monoisotopic (exact) mass is 396 g/mol. The second-order valence-corrected chi connectivity index (χ2v) is 6.85. The second-order valence-electron chi connectivity index (χ2n) is 6.85. The number of hydrogen-bond acceptors (Lipinski definition) is 5. The van der Waals surface area contributed by atoms with Crippen LogP contribution in [0, 0.1) is 6.92 Å². The SMILES string of the molecule is Cc1ccc(C(O)(CC(=O)Nc2ccc3nnc(C(C)C)n3c2)C(F)(F)F)o1. The van der Waals surface area contributed by atoms with Gasteiger partial charge in [-0.3, -0.25) is 9.20 Å². The lowest BCUT2D eigenvalue weighted by molar-refractivity contribution is -0.272. The number of pyridine rings is 1. The molecule has 3 aromatic heterocycles. The van der Waals surface area contributed by atoms with Gasteiger partial charge in [0.1, 0.15) is 17.3 Å². The zero-order valence-electron chi connectivity index (χ0n) is 15.4. The lowest BCUT2D eigenvalue weighted by Crippen LogP contribution is -2.44. The van der Waals surface area contributed by atoms with Crippen LogP contribution >= 0.6 is 0 Å². The van der Waals surface area contributed by atoms with E-state index in [4.69, 9.17) is 4.42 Å². The fraction of sp³-hybridized carbons (Fsp3) is 0.389. The van der Waals surface area contributed by atoms with Gasteiger partial charge in [-0.2, -0.15) is 13.2 Å². The largest absolute Gasteiger partial charge is 0.463 e. The third-order valence-electron chi connectivity index (χ3n) is 4.26. The molecule has 0 spiro atoms. The second kappa shape index (κ2) is 6.93. The minimum atomic E-state index is -5.10. The maximum absolute atomic E-state index is 13.5. The molecule has 7 nitrogen and oxygen atoms in total. The predicted octanol–water partition coefficient (Wildman–Crippen LogP) is 3.53. The first-order valence-corrected chi connectivity index (χ1v) is 8.52. The van der Waals surface area contributed by atoms with Crippen molar-refractivity contribution in [2.45, 2.75) is 44.9 Å². The highest BCUT2D eigenvalue weighted by molar-refractivity contribution is 5.91. The van der Waals surface area contributed by atoms with Crippen molar-refractivity contribution in [1.29, 1.82) is 0 Å². The summed E-state index contributed by atoms with van der Waals surface area (Å²) in [5.74, 6) is -0.865. The van der Waals surface area contributed by atoms with E-state index in [9.17, 15) is 23.1 Å². The highest BCUT2D eigenvalue weighted by Gasteiger charge is 2.58. The van der Waals surface area contributed by atoms with Gasteiger partial charge in [-0.05, 0) is 31.2 Å². The van der Waals surface area contributed by atoms with E-state index in [1.165, 1.54) is 25.3 Å². The molecule has 0 aliphatic carbocycles. The quantitative estimate of drug-likeness (QED) is 0.688. The van der Waals surface area contributed by atoms with Crippen LogP contribution in [0.15, 0.2) is 34.9 Å². The van der Waals surface area contributed by atoms with Crippen molar-refractivity contribution >= 4 is 17.2 Å². The van der Waals surface area contributed by atoms with Gasteiger partial charge in [0.05, 0.1) is 12.1 Å². The Labute approximate surface area is 158 Å². The Kier molecular flexibility index (Phi) is 4.92. The highest BCUT2D eigenvalue weighted by Crippen LogP contribution is 2.42. The topological polar surface area (TPSA) is 92.7 Å². The smallest absolute Gasteiger partial charge is 0.425 e. The molecule has 0 aliphatic rings. The molecule has 0 saturated carbocycles. The van der Waals surface area contributed by atoms with Gasteiger partial charge >= 0.3 is 6.18 Å². The van der Waals surface area contributed by atoms with Crippen LogP contribution in [0.1, 0.15) is 43.5 Å². The number of carbonyl (C=O) groups excluding carboxylic acids is 1. The number of aromatic nitrogens is 3. The number of furan rings is 1. The fourth-order valence-electron chi connectivity index (χ4n) is 2.80. The van der Waals surface area contributed by atoms with E-state index < -0.39 is 29.9 Å². The number of fused-ring (bicyclic) bond motifs is 1. The van der Waals surface area contributed by atoms with Crippen LogP contribution in [0.3, 0.4) is 0 Å². The number of carbonyl (C=O) groups is 1. The summed E-state index contributed by atoms with van der Waals surface area (Å²) in [7, 11) is 0. The van der Waals surface area contributed by atoms with Crippen LogP contribution in [0.2, 0.25) is 0 Å². The number of aliphatic hydroxyl groups is 1. The number of hydrogen-bond donors (Lipinski definition) is 2. The van der Waals surface area contributed by atoms with Gasteiger partial charge in [-0.15, -0.1) is 10.2 Å². The first kappa shape index (κ1) is 19.9. The van der Waals surface area contributed by atoms with Gasteiger partial charge in [-0.25, -0.2) is 0 Å². The number of aryl methyl sites for hydroxylation is 1. The van der Waals surface area contributed by atoms with Gasteiger partial charge in [0, 0.05) is 12.1 Å². The van der Waals surface area contributed by atoms with Gasteiger partial charge < -0.3 is 14.8 Å². The molecule has 10 heteroatoms. The number of amides is 1. The van der Waals surface area contributed by atoms with Crippen molar-refractivity contribution in [3.05, 3.63) is 47.8 Å². The predicted molar refractivity (Wildman–Crippen MR) is 93.7 cm³/mol. The molecule has 1 unspecified atom stereocenters. The molecule has 0 aromatic carbocycles. The third kappa shape index (κ3) is 3.59. The van der Waals surface area contributed by atoms with Crippen LogP contribution in [0.25, 0.3) is 5.65 Å². The number of anilines is 1. The minimum absolute atomic E-state index is 0.0541. The standard InChI is InChI=1S/C18H19F3N4O3/c1-10(2)16-24-23-14-7-5-12(9-25(14)16)22-15(26)8-17(27,18(19,20)21)13-6-4-11(3)28-13/h4-7,9-10,27H,8H2,1-3H3,(H,22,26). The summed E-state index contributed by atoms with van der Waals surface area (Å²) in [5, 5.41) is 20.6. The molecular formula is C18H19F3N4O3. The van der Waals surface area contributed by atoms with Crippen molar-refractivity contribution in [3.63, 3.8) is 0 Å². The molecule has 28 heavy (non-hydrogen) atoms. The van der Waals surface area contributed by atoms with E-state index in [1.807, 2.05) is 13.8 Å². The number of nitrogens with zero attached hydrogens (tertiary/aromatic N) is 3. The minimum Gasteiger partial charge on any atom is -0.463 e. The summed E-state index contributed by atoms with van der Waals surface area (Å²) in [6.45, 7) is 5.27. The molecular weight excluding hydrogens is 377 g/mol. The number of halogens is 3. The molecule has 3 aromatic rings. The van der Waals surface area contributed by atoms with Crippen LogP contribution in [-0.2, 0) is 10.4 Å². The maximum atomic E-state index is 13.5.